The van der Waals surface area contributed by atoms with Crippen molar-refractivity contribution in [2.45, 2.75) is 18.9 Å². The van der Waals surface area contributed by atoms with Gasteiger partial charge in [0.2, 0.25) is 10.0 Å². The van der Waals surface area contributed by atoms with Crippen LogP contribution in [0.2, 0.25) is 0 Å². The van der Waals surface area contributed by atoms with Crippen LogP contribution in [-0.2, 0) is 10.0 Å². The highest BCUT2D eigenvalue weighted by atomic mass is 32.2. The maximum absolute atomic E-state index is 11.9. The highest BCUT2D eigenvalue weighted by Crippen LogP contribution is 2.33. The first-order valence-corrected chi connectivity index (χ1v) is 9.48. The number of benzene rings is 1. The number of aromatic carboxylic acids is 1. The molecule has 1 atom stereocenters. The van der Waals surface area contributed by atoms with E-state index in [-0.39, 0.29) is 11.6 Å². The number of rotatable bonds is 4. The predicted octanol–water partition coefficient (Wildman–Crippen LogP) is 2.54. The summed E-state index contributed by atoms with van der Waals surface area (Å²) in [5, 5.41) is 9.11. The van der Waals surface area contributed by atoms with Crippen LogP contribution in [0.5, 0.6) is 0 Å². The average Bonchev–Trinajstić information content (AvgIpc) is 3.05. The summed E-state index contributed by atoms with van der Waals surface area (Å²) in [5.41, 5.74) is 2.21. The third kappa shape index (κ3) is 3.32. The van der Waals surface area contributed by atoms with Crippen molar-refractivity contribution in [2.24, 2.45) is 0 Å². The summed E-state index contributed by atoms with van der Waals surface area (Å²) < 4.78 is 25.3. The van der Waals surface area contributed by atoms with Crippen molar-refractivity contribution < 1.29 is 18.3 Å². The van der Waals surface area contributed by atoms with E-state index in [2.05, 4.69) is 4.98 Å². The van der Waals surface area contributed by atoms with Crippen molar-refractivity contribution in [3.8, 4) is 11.3 Å². The van der Waals surface area contributed by atoms with Gasteiger partial charge < -0.3 is 5.11 Å². The quantitative estimate of drug-likeness (QED) is 0.919. The lowest BCUT2D eigenvalue weighted by molar-refractivity contribution is 0.0697. The van der Waals surface area contributed by atoms with Crippen molar-refractivity contribution in [3.63, 3.8) is 0 Å². The number of sulfonamides is 1. The molecule has 1 aromatic carbocycles. The Kier molecular flexibility index (Phi) is 4.38. The van der Waals surface area contributed by atoms with Crippen molar-refractivity contribution in [2.75, 3.05) is 12.8 Å². The van der Waals surface area contributed by atoms with E-state index in [1.54, 1.807) is 24.3 Å². The minimum atomic E-state index is -3.28. The van der Waals surface area contributed by atoms with Gasteiger partial charge in [-0.1, -0.05) is 18.2 Å². The molecule has 1 fully saturated rings. The van der Waals surface area contributed by atoms with Gasteiger partial charge in [0.1, 0.15) is 0 Å². The molecule has 7 heteroatoms. The zero-order valence-corrected chi connectivity index (χ0v) is 14.0. The van der Waals surface area contributed by atoms with E-state index in [9.17, 15) is 13.2 Å². The van der Waals surface area contributed by atoms with Gasteiger partial charge in [-0.25, -0.2) is 13.2 Å². The molecule has 1 aliphatic rings. The Morgan fingerprint density at radius 3 is 2.71 bits per heavy atom. The number of hydrogen-bond donors (Lipinski definition) is 1. The van der Waals surface area contributed by atoms with E-state index in [0.29, 0.717) is 23.5 Å². The van der Waals surface area contributed by atoms with Gasteiger partial charge in [0.15, 0.2) is 0 Å². The summed E-state index contributed by atoms with van der Waals surface area (Å²) in [5.74, 6) is -0.993. The topological polar surface area (TPSA) is 87.6 Å². The number of pyridine rings is 1. The molecule has 24 heavy (non-hydrogen) atoms. The van der Waals surface area contributed by atoms with Crippen LogP contribution in [0.3, 0.4) is 0 Å². The van der Waals surface area contributed by atoms with E-state index < -0.39 is 16.0 Å². The standard InChI is InChI=1S/C17H18N2O4S/c1-24(22,23)19-10-4-9-16(19)15-8-3-7-14(18-15)12-5-2-6-13(11-12)17(20)21/h2-3,5-8,11,16H,4,9-10H2,1H3,(H,20,21)/t16-/m1/s1. The minimum absolute atomic E-state index is 0.193. The first-order chi connectivity index (χ1) is 11.4. The zero-order chi connectivity index (χ0) is 17.3. The molecule has 126 valence electrons. The smallest absolute Gasteiger partial charge is 0.335 e. The molecule has 0 bridgehead atoms. The van der Waals surface area contributed by atoms with E-state index in [1.165, 1.54) is 16.6 Å². The molecule has 0 spiro atoms. The Balaban J connectivity index is 1.98. The van der Waals surface area contributed by atoms with Gasteiger partial charge in [0.05, 0.1) is 29.2 Å². The highest BCUT2D eigenvalue weighted by Gasteiger charge is 2.33. The van der Waals surface area contributed by atoms with Crippen LogP contribution < -0.4 is 0 Å². The molecule has 2 aromatic rings. The molecule has 0 unspecified atom stereocenters. The molecule has 1 aliphatic heterocycles. The summed E-state index contributed by atoms with van der Waals surface area (Å²) in [6.07, 6.45) is 2.75. The fourth-order valence-electron chi connectivity index (χ4n) is 3.04. The van der Waals surface area contributed by atoms with Gasteiger partial charge in [0.25, 0.3) is 0 Å². The zero-order valence-electron chi connectivity index (χ0n) is 13.2. The van der Waals surface area contributed by atoms with Crippen LogP contribution in [0.4, 0.5) is 0 Å². The molecular weight excluding hydrogens is 328 g/mol. The molecule has 0 radical (unpaired) electrons. The second kappa shape index (κ2) is 6.33. The van der Waals surface area contributed by atoms with Crippen LogP contribution in [0, 0.1) is 0 Å². The lowest BCUT2D eigenvalue weighted by atomic mass is 10.1. The van der Waals surface area contributed by atoms with Crippen LogP contribution in [0.15, 0.2) is 42.5 Å². The van der Waals surface area contributed by atoms with Gasteiger partial charge in [-0.2, -0.15) is 4.31 Å². The lowest BCUT2D eigenvalue weighted by Gasteiger charge is -2.22. The molecule has 0 saturated carbocycles. The van der Waals surface area contributed by atoms with Gasteiger partial charge >= 0.3 is 5.97 Å². The number of nitrogens with zero attached hydrogens (tertiary/aromatic N) is 2. The van der Waals surface area contributed by atoms with E-state index in [1.807, 2.05) is 12.1 Å². The summed E-state index contributed by atoms with van der Waals surface area (Å²) in [6, 6.07) is 11.7. The van der Waals surface area contributed by atoms with E-state index in [4.69, 9.17) is 5.11 Å². The van der Waals surface area contributed by atoms with Crippen molar-refractivity contribution in [1.29, 1.82) is 0 Å². The molecule has 3 rings (SSSR count). The third-order valence-corrected chi connectivity index (χ3v) is 5.44. The molecule has 1 N–H and O–H groups in total. The molecular formula is C17H18N2O4S. The van der Waals surface area contributed by atoms with Crippen LogP contribution in [0.1, 0.15) is 34.9 Å². The SMILES string of the molecule is CS(=O)(=O)N1CCC[C@@H]1c1cccc(-c2cccc(C(=O)O)c2)n1. The maximum Gasteiger partial charge on any atom is 0.335 e. The highest BCUT2D eigenvalue weighted by molar-refractivity contribution is 7.88. The largest absolute Gasteiger partial charge is 0.478 e. The van der Waals surface area contributed by atoms with Gasteiger partial charge in [-0.3, -0.25) is 4.98 Å². The minimum Gasteiger partial charge on any atom is -0.478 e. The number of carboxylic acid groups (broad SMARTS) is 1. The summed E-state index contributed by atoms with van der Waals surface area (Å²) >= 11 is 0. The number of carbonyl (C=O) groups is 1. The predicted molar refractivity (Wildman–Crippen MR) is 90.2 cm³/mol. The maximum atomic E-state index is 11.9. The van der Waals surface area contributed by atoms with Crippen LogP contribution >= 0.6 is 0 Å². The third-order valence-electron chi connectivity index (χ3n) is 4.15. The van der Waals surface area contributed by atoms with Crippen LogP contribution in [0.25, 0.3) is 11.3 Å². The molecule has 6 nitrogen and oxygen atoms in total. The monoisotopic (exact) mass is 346 g/mol. The van der Waals surface area contributed by atoms with Crippen molar-refractivity contribution >= 4 is 16.0 Å². The Bertz CT molecular complexity index is 880. The van der Waals surface area contributed by atoms with E-state index >= 15 is 0 Å². The first kappa shape index (κ1) is 16.6. The molecule has 1 saturated heterocycles. The van der Waals surface area contributed by atoms with Crippen LogP contribution in [-0.4, -0.2) is 41.6 Å². The molecule has 1 aromatic heterocycles. The number of aromatic nitrogens is 1. The Labute approximate surface area is 140 Å². The first-order valence-electron chi connectivity index (χ1n) is 7.64. The number of carboxylic acids is 1. The Morgan fingerprint density at radius 2 is 2.00 bits per heavy atom. The second-order valence-corrected chi connectivity index (χ2v) is 7.80. The summed E-state index contributed by atoms with van der Waals surface area (Å²) in [4.78, 5) is 15.7. The van der Waals surface area contributed by atoms with Crippen molar-refractivity contribution in [3.05, 3.63) is 53.7 Å². The van der Waals surface area contributed by atoms with Crippen molar-refractivity contribution in [1.82, 2.24) is 9.29 Å². The normalized spacial score (nSPS) is 18.6. The summed E-state index contributed by atoms with van der Waals surface area (Å²) in [6.45, 7) is 0.504. The summed E-state index contributed by atoms with van der Waals surface area (Å²) in [7, 11) is -3.28. The fourth-order valence-corrected chi connectivity index (χ4v) is 4.18. The van der Waals surface area contributed by atoms with Gasteiger partial charge in [-0.15, -0.1) is 0 Å². The van der Waals surface area contributed by atoms with Gasteiger partial charge in [0, 0.05) is 12.1 Å². The Hall–Kier alpha value is -2.25. The molecule has 0 aliphatic carbocycles. The average molecular weight is 346 g/mol. The molecule has 2 heterocycles. The number of hydrogen-bond acceptors (Lipinski definition) is 4. The van der Waals surface area contributed by atoms with Gasteiger partial charge in [-0.05, 0) is 37.1 Å². The van der Waals surface area contributed by atoms with E-state index in [0.717, 1.165) is 12.8 Å². The Morgan fingerprint density at radius 1 is 1.25 bits per heavy atom. The molecule has 0 amide bonds. The fraction of sp³-hybridized carbons (Fsp3) is 0.294. The second-order valence-electron chi connectivity index (χ2n) is 5.87. The lowest BCUT2D eigenvalue weighted by Crippen LogP contribution is -2.29.